The minimum atomic E-state index is -0.876. The van der Waals surface area contributed by atoms with Crippen molar-refractivity contribution in [2.24, 2.45) is 0 Å². The van der Waals surface area contributed by atoms with Gasteiger partial charge in [0.15, 0.2) is 0 Å². The third kappa shape index (κ3) is 7.28. The fourth-order valence-electron chi connectivity index (χ4n) is 3.65. The zero-order valence-electron chi connectivity index (χ0n) is 21.6. The Morgan fingerprint density at radius 2 is 0.917 bits per heavy atom. The third-order valence-electron chi connectivity index (χ3n) is 5.18. The number of ketones is 2. The van der Waals surface area contributed by atoms with E-state index >= 15 is 0 Å². The van der Waals surface area contributed by atoms with Gasteiger partial charge < -0.3 is 18.9 Å². The zero-order valence-corrected chi connectivity index (χ0v) is 21.6. The molecule has 8 heteroatoms. The number of rotatable bonds is 12. The predicted molar refractivity (Wildman–Crippen MR) is 134 cm³/mol. The molecule has 0 heterocycles. The van der Waals surface area contributed by atoms with Crippen LogP contribution in [0.5, 0.6) is 11.5 Å². The Kier molecular flexibility index (Phi) is 10.4. The van der Waals surface area contributed by atoms with Crippen molar-refractivity contribution >= 4 is 23.5 Å². The van der Waals surface area contributed by atoms with E-state index in [1.807, 2.05) is 0 Å². The molecule has 192 valence electrons. The molecule has 0 spiro atoms. The summed E-state index contributed by atoms with van der Waals surface area (Å²) in [6.07, 6.45) is 3.61. The van der Waals surface area contributed by atoms with Crippen molar-refractivity contribution in [2.45, 2.75) is 41.5 Å². The molecule has 0 N–H and O–H groups in total. The molecule has 2 aromatic carbocycles. The molecule has 2 aromatic rings. The zero-order chi connectivity index (χ0) is 26.8. The minimum absolute atomic E-state index is 0.138. The van der Waals surface area contributed by atoms with Crippen molar-refractivity contribution in [2.75, 3.05) is 26.4 Å². The molecule has 0 radical (unpaired) electrons. The van der Waals surface area contributed by atoms with Crippen molar-refractivity contribution in [1.82, 2.24) is 0 Å². The van der Waals surface area contributed by atoms with Gasteiger partial charge in [0.1, 0.15) is 24.7 Å². The maximum absolute atomic E-state index is 12.2. The first-order valence-electron chi connectivity index (χ1n) is 11.7. The SMILES string of the molecule is CCOC(=O)C(=O)c1cc(C)c(OCC=CCOc2c(C)cc(C(=O)C(=O)OCC)cc2C)c(C)c1. The van der Waals surface area contributed by atoms with Crippen LogP contribution in [0.1, 0.15) is 56.8 Å². The van der Waals surface area contributed by atoms with Gasteiger partial charge in [0.05, 0.1) is 13.2 Å². The summed E-state index contributed by atoms with van der Waals surface area (Å²) in [6.45, 7) is 11.3. The van der Waals surface area contributed by atoms with E-state index in [0.29, 0.717) is 11.5 Å². The number of aryl methyl sites for hydroxylation is 4. The Hall–Kier alpha value is -3.94. The Labute approximate surface area is 211 Å². The van der Waals surface area contributed by atoms with Gasteiger partial charge in [-0.25, -0.2) is 9.59 Å². The summed E-state index contributed by atoms with van der Waals surface area (Å²) >= 11 is 0. The van der Waals surface area contributed by atoms with Gasteiger partial charge in [-0.3, -0.25) is 9.59 Å². The molecular weight excluding hydrogens is 464 g/mol. The van der Waals surface area contributed by atoms with Gasteiger partial charge in [0.2, 0.25) is 0 Å². The molecule has 0 aliphatic carbocycles. The van der Waals surface area contributed by atoms with Gasteiger partial charge >= 0.3 is 11.9 Å². The summed E-state index contributed by atoms with van der Waals surface area (Å²) < 4.78 is 21.2. The number of esters is 2. The Bertz CT molecular complexity index is 1040. The van der Waals surface area contributed by atoms with E-state index in [2.05, 4.69) is 0 Å². The van der Waals surface area contributed by atoms with Crippen LogP contribution in [-0.2, 0) is 19.1 Å². The second kappa shape index (κ2) is 13.2. The molecule has 0 fully saturated rings. The van der Waals surface area contributed by atoms with Crippen molar-refractivity contribution in [3.63, 3.8) is 0 Å². The average molecular weight is 497 g/mol. The Morgan fingerprint density at radius 3 is 1.19 bits per heavy atom. The average Bonchev–Trinajstić information content (AvgIpc) is 2.82. The molecule has 0 bridgehead atoms. The fraction of sp³-hybridized carbons (Fsp3) is 0.357. The molecule has 8 nitrogen and oxygen atoms in total. The summed E-state index contributed by atoms with van der Waals surface area (Å²) in [5.74, 6) is -1.85. The van der Waals surface area contributed by atoms with Crippen molar-refractivity contribution in [3.05, 3.63) is 69.8 Å². The first kappa shape index (κ1) is 28.3. The van der Waals surface area contributed by atoms with E-state index in [4.69, 9.17) is 18.9 Å². The van der Waals surface area contributed by atoms with E-state index in [1.165, 1.54) is 0 Å². The van der Waals surface area contributed by atoms with Crippen LogP contribution in [0.2, 0.25) is 0 Å². The summed E-state index contributed by atoms with van der Waals surface area (Å²) in [4.78, 5) is 47.8. The predicted octanol–water partition coefficient (Wildman–Crippen LogP) is 4.43. The number of Topliss-reactive ketones (excluding diaryl/α,β-unsaturated/α-hetero) is 2. The van der Waals surface area contributed by atoms with Crippen LogP contribution in [0.25, 0.3) is 0 Å². The lowest BCUT2D eigenvalue weighted by molar-refractivity contribution is -0.138. The highest BCUT2D eigenvalue weighted by Gasteiger charge is 2.20. The van der Waals surface area contributed by atoms with Crippen LogP contribution >= 0.6 is 0 Å². The molecule has 0 aliphatic heterocycles. The van der Waals surface area contributed by atoms with Crippen molar-refractivity contribution < 1.29 is 38.1 Å². The van der Waals surface area contributed by atoms with E-state index in [0.717, 1.165) is 22.3 Å². The fourth-order valence-corrected chi connectivity index (χ4v) is 3.65. The highest BCUT2D eigenvalue weighted by Crippen LogP contribution is 2.26. The molecule has 2 rings (SSSR count). The lowest BCUT2D eigenvalue weighted by Gasteiger charge is -2.13. The first-order valence-corrected chi connectivity index (χ1v) is 11.7. The highest BCUT2D eigenvalue weighted by molar-refractivity contribution is 6.41. The molecule has 0 unspecified atom stereocenters. The summed E-state index contributed by atoms with van der Waals surface area (Å²) in [5.41, 5.74) is 3.46. The van der Waals surface area contributed by atoms with Crippen LogP contribution in [0.15, 0.2) is 36.4 Å². The maximum Gasteiger partial charge on any atom is 0.379 e. The van der Waals surface area contributed by atoms with Gasteiger partial charge in [0.25, 0.3) is 11.6 Å². The van der Waals surface area contributed by atoms with Gasteiger partial charge in [-0.2, -0.15) is 0 Å². The second-order valence-electron chi connectivity index (χ2n) is 8.07. The van der Waals surface area contributed by atoms with Crippen LogP contribution < -0.4 is 9.47 Å². The van der Waals surface area contributed by atoms with Gasteiger partial charge in [-0.15, -0.1) is 0 Å². The highest BCUT2D eigenvalue weighted by atomic mass is 16.5. The smallest absolute Gasteiger partial charge is 0.379 e. The summed E-state index contributed by atoms with van der Waals surface area (Å²) in [6, 6.07) is 6.43. The quantitative estimate of drug-likeness (QED) is 0.184. The summed E-state index contributed by atoms with van der Waals surface area (Å²) in [5, 5.41) is 0. The maximum atomic E-state index is 12.2. The van der Waals surface area contributed by atoms with Crippen LogP contribution in [-0.4, -0.2) is 49.9 Å². The number of carbonyl (C=O) groups is 4. The number of hydrogen-bond donors (Lipinski definition) is 0. The molecule has 0 atom stereocenters. The monoisotopic (exact) mass is 496 g/mol. The number of benzene rings is 2. The van der Waals surface area contributed by atoms with Crippen LogP contribution in [0, 0.1) is 27.7 Å². The number of hydrogen-bond acceptors (Lipinski definition) is 8. The van der Waals surface area contributed by atoms with E-state index in [1.54, 1.807) is 78.0 Å². The molecule has 0 saturated heterocycles. The van der Waals surface area contributed by atoms with Gasteiger partial charge in [0, 0.05) is 11.1 Å². The summed E-state index contributed by atoms with van der Waals surface area (Å²) in [7, 11) is 0. The van der Waals surface area contributed by atoms with Gasteiger partial charge in [-0.1, -0.05) is 0 Å². The van der Waals surface area contributed by atoms with Crippen LogP contribution in [0.3, 0.4) is 0 Å². The molecule has 0 saturated carbocycles. The largest absolute Gasteiger partial charge is 0.489 e. The third-order valence-corrected chi connectivity index (χ3v) is 5.18. The molecule has 0 aromatic heterocycles. The van der Waals surface area contributed by atoms with E-state index < -0.39 is 23.5 Å². The first-order chi connectivity index (χ1) is 17.1. The van der Waals surface area contributed by atoms with Crippen molar-refractivity contribution in [1.29, 1.82) is 0 Å². The standard InChI is InChI=1S/C28H32O8/c1-7-33-27(31)23(29)21-13-17(3)25(18(4)14-21)35-11-9-10-12-36-26-19(5)15-22(16-20(26)6)24(30)28(32)34-8-2/h9-10,13-16H,7-8,11-12H2,1-6H3. The normalized spacial score (nSPS) is 10.7. The molecular formula is C28H32O8. The van der Waals surface area contributed by atoms with Gasteiger partial charge in [-0.05, 0) is 100 Å². The number of ether oxygens (including phenoxy) is 4. The van der Waals surface area contributed by atoms with Crippen LogP contribution in [0.4, 0.5) is 0 Å². The number of carbonyl (C=O) groups excluding carboxylic acids is 4. The Morgan fingerprint density at radius 1 is 0.611 bits per heavy atom. The van der Waals surface area contributed by atoms with E-state index in [9.17, 15) is 19.2 Å². The lowest BCUT2D eigenvalue weighted by atomic mass is 10.0. The second-order valence-corrected chi connectivity index (χ2v) is 8.07. The van der Waals surface area contributed by atoms with Crippen molar-refractivity contribution in [3.8, 4) is 11.5 Å². The lowest BCUT2D eigenvalue weighted by Crippen LogP contribution is -2.18. The van der Waals surface area contributed by atoms with E-state index in [-0.39, 0.29) is 37.6 Å². The Balaban J connectivity index is 1.95. The molecule has 0 amide bonds. The topological polar surface area (TPSA) is 105 Å². The molecule has 36 heavy (non-hydrogen) atoms. The minimum Gasteiger partial charge on any atom is -0.489 e. The molecule has 0 aliphatic rings.